The van der Waals surface area contributed by atoms with Gasteiger partial charge in [-0.05, 0) is 31.2 Å². The first-order chi connectivity index (χ1) is 12.9. The van der Waals surface area contributed by atoms with Gasteiger partial charge in [-0.3, -0.25) is 14.5 Å². The number of nitrogens with zero attached hydrogens (tertiary/aromatic N) is 2. The molecule has 2 amide bonds. The van der Waals surface area contributed by atoms with E-state index in [1.165, 1.54) is 0 Å². The van der Waals surface area contributed by atoms with Gasteiger partial charge in [-0.2, -0.15) is 0 Å². The molecule has 0 radical (unpaired) electrons. The molecule has 0 saturated carbocycles. The van der Waals surface area contributed by atoms with Gasteiger partial charge in [-0.25, -0.2) is 0 Å². The molecule has 4 atom stereocenters. The Morgan fingerprint density at radius 2 is 2.07 bits per heavy atom. The van der Waals surface area contributed by atoms with Gasteiger partial charge in [-0.1, -0.05) is 20.8 Å². The lowest BCUT2D eigenvalue weighted by Gasteiger charge is -2.37. The van der Waals surface area contributed by atoms with Gasteiger partial charge in [0.25, 0.3) is 0 Å². The molecule has 7 heteroatoms. The normalized spacial score (nSPS) is 31.3. The van der Waals surface area contributed by atoms with Crippen LogP contribution >= 0.6 is 0 Å². The number of nitrogens with one attached hydrogen (secondary N) is 1. The van der Waals surface area contributed by atoms with Crippen LogP contribution in [0, 0.1) is 5.41 Å². The molecular weight excluding hydrogens is 346 g/mol. The van der Waals surface area contributed by atoms with E-state index < -0.39 is 0 Å². The quantitative estimate of drug-likeness (QED) is 0.713. The molecule has 3 fully saturated rings. The number of likely N-dealkylation sites (N-methyl/N-ethyl adjacent to an activating group) is 1. The molecule has 3 heterocycles. The van der Waals surface area contributed by atoms with Crippen molar-refractivity contribution in [1.29, 1.82) is 0 Å². The summed E-state index contributed by atoms with van der Waals surface area (Å²) < 4.78 is 10.8. The molecule has 0 aromatic carbocycles. The zero-order valence-electron chi connectivity index (χ0n) is 17.2. The fraction of sp³-hybridized carbons (Fsp3) is 0.900. The van der Waals surface area contributed by atoms with E-state index in [-0.39, 0.29) is 41.4 Å². The highest BCUT2D eigenvalue weighted by atomic mass is 16.5. The first-order valence-corrected chi connectivity index (χ1v) is 10.3. The molecule has 7 nitrogen and oxygen atoms in total. The van der Waals surface area contributed by atoms with Crippen molar-refractivity contribution < 1.29 is 19.1 Å². The van der Waals surface area contributed by atoms with Crippen LogP contribution in [0.1, 0.15) is 46.5 Å². The van der Waals surface area contributed by atoms with Crippen molar-refractivity contribution in [3.63, 3.8) is 0 Å². The summed E-state index contributed by atoms with van der Waals surface area (Å²) in [5, 5.41) is 3.20. The largest absolute Gasteiger partial charge is 0.384 e. The minimum Gasteiger partial charge on any atom is -0.384 e. The van der Waals surface area contributed by atoms with E-state index in [2.05, 4.69) is 22.0 Å². The van der Waals surface area contributed by atoms with Crippen LogP contribution in [0.15, 0.2) is 0 Å². The topological polar surface area (TPSA) is 71.1 Å². The number of morpholine rings is 1. The monoisotopic (exact) mass is 381 g/mol. The van der Waals surface area contributed by atoms with Crippen LogP contribution in [-0.2, 0) is 19.1 Å². The van der Waals surface area contributed by atoms with Crippen LogP contribution in [0.25, 0.3) is 0 Å². The smallest absolute Gasteiger partial charge is 0.242 e. The molecule has 3 saturated heterocycles. The summed E-state index contributed by atoms with van der Waals surface area (Å²) in [5.41, 5.74) is -0.187. The van der Waals surface area contributed by atoms with Gasteiger partial charge in [-0.15, -0.1) is 0 Å². The maximum absolute atomic E-state index is 13.3. The fourth-order valence-corrected chi connectivity index (χ4v) is 5.04. The van der Waals surface area contributed by atoms with Gasteiger partial charge in [0.2, 0.25) is 11.8 Å². The molecule has 1 unspecified atom stereocenters. The highest BCUT2D eigenvalue weighted by Crippen LogP contribution is 2.39. The van der Waals surface area contributed by atoms with Crippen molar-refractivity contribution in [2.24, 2.45) is 5.41 Å². The van der Waals surface area contributed by atoms with E-state index in [0.29, 0.717) is 26.2 Å². The summed E-state index contributed by atoms with van der Waals surface area (Å²) in [6, 6.07) is 0.262. The van der Waals surface area contributed by atoms with Crippen LogP contribution in [0.2, 0.25) is 0 Å². The lowest BCUT2D eigenvalue weighted by Crippen LogP contribution is -2.56. The van der Waals surface area contributed by atoms with E-state index in [1.54, 1.807) is 7.11 Å². The molecule has 0 spiro atoms. The second-order valence-electron chi connectivity index (χ2n) is 8.95. The van der Waals surface area contributed by atoms with Gasteiger partial charge in [0.15, 0.2) is 0 Å². The van der Waals surface area contributed by atoms with E-state index >= 15 is 0 Å². The molecule has 154 valence electrons. The SMILES string of the molecule is CCN1CCOCC1C(=O)N1[C@@H]2CC[C@H]1[C@H](NC(=O)CC(C)(C)COC)C2. The minimum absolute atomic E-state index is 0.0539. The molecule has 1 N–H and O–H groups in total. The summed E-state index contributed by atoms with van der Waals surface area (Å²) in [7, 11) is 1.66. The molecule has 3 aliphatic rings. The first kappa shape index (κ1) is 20.6. The van der Waals surface area contributed by atoms with E-state index in [1.807, 2.05) is 13.8 Å². The summed E-state index contributed by atoms with van der Waals surface area (Å²) in [6.07, 6.45) is 3.31. The van der Waals surface area contributed by atoms with Gasteiger partial charge >= 0.3 is 0 Å². The Morgan fingerprint density at radius 1 is 1.30 bits per heavy atom. The lowest BCUT2D eigenvalue weighted by atomic mass is 9.89. The molecular formula is C20H35N3O4. The number of rotatable bonds is 7. The van der Waals surface area contributed by atoms with Crippen LogP contribution in [0.5, 0.6) is 0 Å². The molecule has 0 aromatic heterocycles. The fourth-order valence-electron chi connectivity index (χ4n) is 5.04. The molecule has 2 bridgehead atoms. The lowest BCUT2D eigenvalue weighted by molar-refractivity contribution is -0.144. The highest BCUT2D eigenvalue weighted by molar-refractivity contribution is 5.84. The molecule has 0 aliphatic carbocycles. The number of carbonyl (C=O) groups is 2. The summed E-state index contributed by atoms with van der Waals surface area (Å²) in [5.74, 6) is 0.235. The molecule has 0 aromatic rings. The Hall–Kier alpha value is -1.18. The van der Waals surface area contributed by atoms with Crippen LogP contribution in [-0.4, -0.2) is 85.8 Å². The van der Waals surface area contributed by atoms with Crippen LogP contribution in [0.3, 0.4) is 0 Å². The minimum atomic E-state index is -0.187. The van der Waals surface area contributed by atoms with E-state index in [0.717, 1.165) is 32.4 Å². The third-order valence-corrected chi connectivity index (χ3v) is 6.24. The van der Waals surface area contributed by atoms with Crippen LogP contribution < -0.4 is 5.32 Å². The van der Waals surface area contributed by atoms with Gasteiger partial charge in [0.1, 0.15) is 6.04 Å². The number of ether oxygens (including phenoxy) is 2. The number of amides is 2. The van der Waals surface area contributed by atoms with Crippen molar-refractivity contribution in [2.75, 3.05) is 40.0 Å². The summed E-state index contributed by atoms with van der Waals surface area (Å²) in [4.78, 5) is 30.1. The van der Waals surface area contributed by atoms with Gasteiger partial charge < -0.3 is 19.7 Å². The highest BCUT2D eigenvalue weighted by Gasteiger charge is 2.51. The predicted octanol–water partition coefficient (Wildman–Crippen LogP) is 1.02. The maximum Gasteiger partial charge on any atom is 0.242 e. The van der Waals surface area contributed by atoms with Crippen molar-refractivity contribution >= 4 is 11.8 Å². The number of carbonyl (C=O) groups excluding carboxylic acids is 2. The number of hydrogen-bond acceptors (Lipinski definition) is 5. The van der Waals surface area contributed by atoms with Gasteiger partial charge in [0, 0.05) is 26.1 Å². The zero-order chi connectivity index (χ0) is 19.6. The van der Waals surface area contributed by atoms with Crippen molar-refractivity contribution in [2.45, 2.75) is 70.6 Å². The summed E-state index contributed by atoms with van der Waals surface area (Å²) in [6.45, 7) is 9.56. The number of methoxy groups -OCH3 is 1. The number of hydrogen-bond donors (Lipinski definition) is 1. The number of fused-ring (bicyclic) bond motifs is 2. The second kappa shape index (κ2) is 8.45. The van der Waals surface area contributed by atoms with Crippen molar-refractivity contribution in [1.82, 2.24) is 15.1 Å². The molecule has 27 heavy (non-hydrogen) atoms. The van der Waals surface area contributed by atoms with Crippen molar-refractivity contribution in [3.05, 3.63) is 0 Å². The van der Waals surface area contributed by atoms with Gasteiger partial charge in [0.05, 0.1) is 31.9 Å². The van der Waals surface area contributed by atoms with E-state index in [9.17, 15) is 9.59 Å². The third-order valence-electron chi connectivity index (χ3n) is 6.24. The average molecular weight is 382 g/mol. The van der Waals surface area contributed by atoms with Crippen LogP contribution in [0.4, 0.5) is 0 Å². The van der Waals surface area contributed by atoms with Crippen molar-refractivity contribution in [3.8, 4) is 0 Å². The molecule has 3 rings (SSSR count). The Kier molecular flexibility index (Phi) is 6.43. The standard InChI is InChI=1S/C20H35N3O4/c1-5-22-8-9-27-12-17(22)19(25)23-14-6-7-16(23)15(10-14)21-18(24)11-20(2,3)13-26-4/h14-17H,5-13H2,1-4H3,(H,21,24)/t14-,15-,16+,17?/m1/s1. The zero-order valence-corrected chi connectivity index (χ0v) is 17.2. The average Bonchev–Trinajstić information content (AvgIpc) is 3.17. The second-order valence-corrected chi connectivity index (χ2v) is 8.95. The molecule has 3 aliphatic heterocycles. The Balaban J connectivity index is 1.61. The Morgan fingerprint density at radius 3 is 2.78 bits per heavy atom. The predicted molar refractivity (Wildman–Crippen MR) is 102 cm³/mol. The summed E-state index contributed by atoms with van der Waals surface area (Å²) >= 11 is 0. The maximum atomic E-state index is 13.3. The first-order valence-electron chi connectivity index (χ1n) is 10.3. The Labute approximate surface area is 162 Å². The third kappa shape index (κ3) is 4.46. The van der Waals surface area contributed by atoms with E-state index in [4.69, 9.17) is 9.47 Å². The Bertz CT molecular complexity index is 553.